The van der Waals surface area contributed by atoms with Crippen LogP contribution in [0.3, 0.4) is 0 Å². The van der Waals surface area contributed by atoms with Gasteiger partial charge < -0.3 is 4.84 Å². The molecule has 1 N–H and O–H groups in total. The van der Waals surface area contributed by atoms with Gasteiger partial charge in [-0.3, -0.25) is 0 Å². The summed E-state index contributed by atoms with van der Waals surface area (Å²) in [5.41, 5.74) is 0. The number of aromatic nitrogens is 1. The summed E-state index contributed by atoms with van der Waals surface area (Å²) < 4.78 is 57.6. The number of nitrogens with one attached hydrogen (secondary N) is 1. The minimum atomic E-state index is -5.29. The molecule has 1 aromatic heterocycles. The molecule has 0 fully saturated rings. The van der Waals surface area contributed by atoms with Gasteiger partial charge in [-0.25, -0.2) is 18.2 Å². The van der Waals surface area contributed by atoms with Crippen molar-refractivity contribution in [1.29, 1.82) is 0 Å². The number of pyridine rings is 1. The lowest BCUT2D eigenvalue weighted by Crippen LogP contribution is -2.34. The molecular weight excluding hydrogens is 265 g/mol. The zero-order chi connectivity index (χ0) is 13.1. The van der Waals surface area contributed by atoms with Crippen LogP contribution in [0.1, 0.15) is 0 Å². The van der Waals surface area contributed by atoms with Gasteiger partial charge in [0.05, 0.1) is 0 Å². The number of carbonyl (C=O) groups is 1. The molecule has 0 aliphatic heterocycles. The van der Waals surface area contributed by atoms with Crippen LogP contribution in [0.4, 0.5) is 13.2 Å². The molecule has 0 bridgehead atoms. The van der Waals surface area contributed by atoms with E-state index in [-0.39, 0.29) is 0 Å². The Morgan fingerprint density at radius 2 is 2.00 bits per heavy atom. The highest BCUT2D eigenvalue weighted by molar-refractivity contribution is 7.89. The molecule has 17 heavy (non-hydrogen) atoms. The molecule has 0 saturated carbocycles. The first-order valence-corrected chi connectivity index (χ1v) is 5.42. The molecule has 0 spiro atoms. The highest BCUT2D eigenvalue weighted by atomic mass is 32.2. The van der Waals surface area contributed by atoms with Crippen LogP contribution in [0.15, 0.2) is 29.4 Å². The summed E-state index contributed by atoms with van der Waals surface area (Å²) in [5.74, 6) is -2.67. The van der Waals surface area contributed by atoms with E-state index in [9.17, 15) is 26.4 Å². The van der Waals surface area contributed by atoms with Crippen molar-refractivity contribution in [3.63, 3.8) is 0 Å². The fourth-order valence-electron chi connectivity index (χ4n) is 0.699. The summed E-state index contributed by atoms with van der Waals surface area (Å²) in [6, 6.07) is 3.72. The standard InChI is InChI=1S/C7H5F3N2O4S/c8-7(9,10)6(13)16-12-17(14,15)5-3-1-2-4-11-5/h1-4,12H. The van der Waals surface area contributed by atoms with Crippen LogP contribution in [0, 0.1) is 0 Å². The zero-order valence-corrected chi connectivity index (χ0v) is 8.75. The Hall–Kier alpha value is -1.68. The zero-order valence-electron chi connectivity index (χ0n) is 7.93. The SMILES string of the molecule is O=C(ONS(=O)(=O)c1ccccn1)C(F)(F)F. The highest BCUT2D eigenvalue weighted by Crippen LogP contribution is 2.16. The molecule has 0 aliphatic carbocycles. The Bertz CT molecular complexity index is 500. The van der Waals surface area contributed by atoms with E-state index in [1.54, 1.807) is 0 Å². The number of sulfonamides is 1. The lowest BCUT2D eigenvalue weighted by atomic mass is 10.5. The Morgan fingerprint density at radius 3 is 2.47 bits per heavy atom. The number of nitrogens with zero attached hydrogens (tertiary/aromatic N) is 1. The van der Waals surface area contributed by atoms with Gasteiger partial charge in [-0.15, -0.1) is 0 Å². The maximum atomic E-state index is 11.7. The topological polar surface area (TPSA) is 85.4 Å². The Morgan fingerprint density at radius 1 is 1.35 bits per heavy atom. The predicted molar refractivity (Wildman–Crippen MR) is 46.7 cm³/mol. The number of hydrogen-bond acceptors (Lipinski definition) is 5. The first-order chi connectivity index (χ1) is 7.73. The number of rotatable bonds is 3. The van der Waals surface area contributed by atoms with Gasteiger partial charge in [-0.1, -0.05) is 6.07 Å². The van der Waals surface area contributed by atoms with Gasteiger partial charge in [0, 0.05) is 6.20 Å². The number of alkyl halides is 3. The monoisotopic (exact) mass is 270 g/mol. The van der Waals surface area contributed by atoms with E-state index >= 15 is 0 Å². The Kier molecular flexibility index (Phi) is 3.68. The highest BCUT2D eigenvalue weighted by Gasteiger charge is 2.42. The van der Waals surface area contributed by atoms with Gasteiger partial charge in [-0.2, -0.15) is 13.2 Å². The van der Waals surface area contributed by atoms with Crippen molar-refractivity contribution in [2.45, 2.75) is 11.2 Å². The van der Waals surface area contributed by atoms with Crippen molar-refractivity contribution in [1.82, 2.24) is 9.87 Å². The van der Waals surface area contributed by atoms with Crippen molar-refractivity contribution >= 4 is 16.0 Å². The van der Waals surface area contributed by atoms with E-state index in [0.717, 1.165) is 17.1 Å². The Labute approximate surface area is 93.4 Å². The molecule has 0 atom stereocenters. The minimum Gasteiger partial charge on any atom is -0.348 e. The lowest BCUT2D eigenvalue weighted by Gasteiger charge is -2.07. The van der Waals surface area contributed by atoms with E-state index in [1.165, 1.54) is 12.1 Å². The van der Waals surface area contributed by atoms with Crippen LogP contribution in [0.2, 0.25) is 0 Å². The van der Waals surface area contributed by atoms with Gasteiger partial charge >= 0.3 is 12.1 Å². The van der Waals surface area contributed by atoms with Crippen LogP contribution < -0.4 is 4.89 Å². The van der Waals surface area contributed by atoms with Crippen LogP contribution in [-0.2, 0) is 19.7 Å². The van der Waals surface area contributed by atoms with Crippen molar-refractivity contribution < 1.29 is 31.2 Å². The fraction of sp³-hybridized carbons (Fsp3) is 0.143. The molecule has 0 amide bonds. The minimum absolute atomic E-state index is 0.574. The molecular formula is C7H5F3N2O4S. The molecule has 0 saturated heterocycles. The normalized spacial score (nSPS) is 12.2. The number of carbonyl (C=O) groups excluding carboxylic acids is 1. The lowest BCUT2D eigenvalue weighted by molar-refractivity contribution is -0.203. The van der Waals surface area contributed by atoms with E-state index in [4.69, 9.17) is 0 Å². The van der Waals surface area contributed by atoms with E-state index < -0.39 is 27.2 Å². The third-order valence-electron chi connectivity index (χ3n) is 1.39. The molecule has 1 heterocycles. The summed E-state index contributed by atoms with van der Waals surface area (Å²) in [5, 5.41) is -0.574. The second-order valence-corrected chi connectivity index (χ2v) is 4.23. The van der Waals surface area contributed by atoms with Gasteiger partial charge in [0.15, 0.2) is 5.03 Å². The summed E-state index contributed by atoms with van der Waals surface area (Å²) in [4.78, 5) is 18.0. The van der Waals surface area contributed by atoms with Crippen LogP contribution in [0.25, 0.3) is 0 Å². The molecule has 10 heteroatoms. The van der Waals surface area contributed by atoms with Gasteiger partial charge in [0.1, 0.15) is 0 Å². The van der Waals surface area contributed by atoms with E-state index in [1.807, 2.05) is 0 Å². The quantitative estimate of drug-likeness (QED) is 0.802. The first-order valence-electron chi connectivity index (χ1n) is 3.94. The average Bonchev–Trinajstić information content (AvgIpc) is 2.26. The molecule has 6 nitrogen and oxygen atoms in total. The Balaban J connectivity index is 2.74. The first kappa shape index (κ1) is 13.4. The second-order valence-electron chi connectivity index (χ2n) is 2.64. The van der Waals surface area contributed by atoms with Crippen molar-refractivity contribution in [2.24, 2.45) is 0 Å². The predicted octanol–water partition coefficient (Wildman–Crippen LogP) is 0.380. The molecule has 1 aromatic rings. The molecule has 0 aromatic carbocycles. The molecule has 0 unspecified atom stereocenters. The summed E-state index contributed by atoms with van der Waals surface area (Å²) in [6.07, 6.45) is -4.17. The largest absolute Gasteiger partial charge is 0.492 e. The molecule has 0 aliphatic rings. The van der Waals surface area contributed by atoms with Crippen LogP contribution >= 0.6 is 0 Å². The molecule has 0 radical (unpaired) electrons. The molecule has 94 valence electrons. The average molecular weight is 270 g/mol. The van der Waals surface area contributed by atoms with Crippen molar-refractivity contribution in [3.05, 3.63) is 24.4 Å². The van der Waals surface area contributed by atoms with Gasteiger partial charge in [0.25, 0.3) is 10.0 Å². The van der Waals surface area contributed by atoms with Gasteiger partial charge in [-0.05, 0) is 17.0 Å². The van der Waals surface area contributed by atoms with E-state index in [2.05, 4.69) is 9.82 Å². The second kappa shape index (κ2) is 4.67. The summed E-state index contributed by atoms with van der Waals surface area (Å²) in [7, 11) is -4.42. The summed E-state index contributed by atoms with van der Waals surface area (Å²) in [6.45, 7) is 0. The van der Waals surface area contributed by atoms with Crippen molar-refractivity contribution in [3.8, 4) is 0 Å². The maximum absolute atomic E-state index is 11.7. The maximum Gasteiger partial charge on any atom is 0.492 e. The third kappa shape index (κ3) is 3.67. The molecule has 1 rings (SSSR count). The number of hydrogen-bond donors (Lipinski definition) is 1. The summed E-state index contributed by atoms with van der Waals surface area (Å²) >= 11 is 0. The third-order valence-corrected chi connectivity index (χ3v) is 2.48. The van der Waals surface area contributed by atoms with E-state index in [0.29, 0.717) is 0 Å². The van der Waals surface area contributed by atoms with Crippen LogP contribution in [0.5, 0.6) is 0 Å². The smallest absolute Gasteiger partial charge is 0.348 e. The fourth-order valence-corrected chi connectivity index (χ4v) is 1.43. The number of halogens is 3. The van der Waals surface area contributed by atoms with Crippen molar-refractivity contribution in [2.75, 3.05) is 0 Å². The van der Waals surface area contributed by atoms with Gasteiger partial charge in [0.2, 0.25) is 0 Å². The van der Waals surface area contributed by atoms with Crippen LogP contribution in [-0.4, -0.2) is 25.5 Å².